The standard InChI is InChI=1S/C15H25N2O5P.2C15H25N2O4P.C14H22ClN2O3P.C14H22FN2O3P/c1-16-11(18)6-8-17(15(16)20)14-13(21-2)12(19)10(22-14)7-9-23(3,4)5;1-10-16-12(18)6-8-17(10)15-14(20-2)13(19)11(21-15)7-9-22(3,4)5;1-9-10(8-16-15(19)17-9)13-14(20-2)12(18)11(21-13)6-7-22(3,4)5;2*1-8-9(7-16-14(19)17-8)13-11(15)12(18)10(20-13)5-6-21(2,3)4/h6,8,10,12-14,19H,3,7,9H2,1-2,4-5H3;6,8,11,13-15,19H,1,3,7,9H2,2,4-5H3,(H,16,18);8,11-14,18H,1,3,6-7H2,2,4-5H3,(H2,16,17,19);2*7,10-13,18H,1-2,5-6H2,3-4H3,(H2,16,17,19)/t10-,12-,13-,14-;11-,13-,14-,15-;11-,12-,13+,14-;2*10-,11?,12-,13+/m11111/s1. The van der Waals surface area contributed by atoms with Crippen LogP contribution in [0.15, 0.2) is 119 Å². The van der Waals surface area contributed by atoms with E-state index in [0.717, 1.165) is 54.6 Å². The van der Waals surface area contributed by atoms with Crippen LogP contribution in [0.1, 0.15) is 38.3 Å². The van der Waals surface area contributed by atoms with Gasteiger partial charge in [-0.1, -0.05) is 26.3 Å². The molecule has 29 nitrogen and oxygen atoms in total. The lowest BCUT2D eigenvalue weighted by Gasteiger charge is -2.33. The molecule has 1 aromatic heterocycles. The number of aromatic nitrogens is 2. The minimum atomic E-state index is -1.54. The molecule has 614 valence electrons. The van der Waals surface area contributed by atoms with E-state index in [-0.39, 0.29) is 41.8 Å². The molecular formula is C73H119ClFN10O19P5. The number of urea groups is 3. The summed E-state index contributed by atoms with van der Waals surface area (Å²) >= 11 is 6.30. The van der Waals surface area contributed by atoms with E-state index in [1.165, 1.54) is 49.5 Å². The summed E-state index contributed by atoms with van der Waals surface area (Å²) < 4.78 is 62.3. The van der Waals surface area contributed by atoms with Crippen molar-refractivity contribution in [1.29, 1.82) is 0 Å². The minimum Gasteiger partial charge on any atom is -0.389 e. The fourth-order valence-electron chi connectivity index (χ4n) is 12.9. The van der Waals surface area contributed by atoms with Gasteiger partial charge in [-0.15, -0.1) is 77.5 Å². The number of hydrogen-bond acceptors (Lipinski definition) is 20. The van der Waals surface area contributed by atoms with E-state index in [1.54, 1.807) is 31.5 Å². The summed E-state index contributed by atoms with van der Waals surface area (Å²) in [6.45, 7) is 30.5. The van der Waals surface area contributed by atoms with Crippen LogP contribution >= 0.6 is 46.0 Å². The first kappa shape index (κ1) is 92.7. The Bertz CT molecular complexity index is 3910. The van der Waals surface area contributed by atoms with Crippen LogP contribution in [0, 0.1) is 0 Å². The zero-order chi connectivity index (χ0) is 81.9. The van der Waals surface area contributed by atoms with Crippen molar-refractivity contribution in [1.82, 2.24) is 51.3 Å². The molecule has 0 aliphatic carbocycles. The normalized spacial score (nSPS) is 31.9. The molecule has 36 heteroatoms. The Labute approximate surface area is 646 Å². The molecule has 0 bridgehead atoms. The lowest BCUT2D eigenvalue weighted by atomic mass is 9.99. The van der Waals surface area contributed by atoms with E-state index in [4.69, 9.17) is 49.5 Å². The molecular weight excluding hydrogens is 1530 g/mol. The molecule has 9 aliphatic heterocycles. The van der Waals surface area contributed by atoms with Gasteiger partial charge in [0.05, 0.1) is 42.0 Å². The number of carbonyl (C=O) groups excluding carboxylic acids is 4. The number of aliphatic hydroxyl groups excluding tert-OH is 5. The van der Waals surface area contributed by atoms with Crippen molar-refractivity contribution < 1.29 is 87.0 Å². The number of methoxy groups -OCH3 is 3. The molecule has 5 saturated heterocycles. The van der Waals surface area contributed by atoms with Crippen molar-refractivity contribution in [2.75, 3.05) is 119 Å². The number of ether oxygens (including phenoxy) is 8. The zero-order valence-electron chi connectivity index (χ0n) is 65.3. The lowest BCUT2D eigenvalue weighted by Crippen LogP contribution is -2.47. The molecule has 0 radical (unpaired) electrons. The Morgan fingerprint density at radius 3 is 1.22 bits per heavy atom. The topological polar surface area (TPSA) is 375 Å². The van der Waals surface area contributed by atoms with Gasteiger partial charge in [-0.3, -0.25) is 18.7 Å². The molecule has 12 N–H and O–H groups in total. The highest BCUT2D eigenvalue weighted by Crippen LogP contribution is 2.45. The first-order valence-electron chi connectivity index (χ1n) is 35.5. The Balaban J connectivity index is 0.000000213. The van der Waals surface area contributed by atoms with Gasteiger partial charge in [0.15, 0.2) is 18.6 Å². The van der Waals surface area contributed by atoms with Crippen molar-refractivity contribution >= 4 is 102 Å². The lowest BCUT2D eigenvalue weighted by molar-refractivity contribution is -0.118. The molecule has 10 heterocycles. The molecule has 2 unspecified atom stereocenters. The minimum absolute atomic E-state index is 0.228. The number of rotatable bonds is 23. The average Bonchev–Trinajstić information content (AvgIpc) is 1.70. The maximum absolute atomic E-state index is 14.3. The zero-order valence-corrected chi connectivity index (χ0v) is 70.5. The Morgan fingerprint density at radius 1 is 0.486 bits per heavy atom. The third-order valence-corrected chi connectivity index (χ3v) is 26.9. The highest BCUT2D eigenvalue weighted by molar-refractivity contribution is 7.73. The monoisotopic (exact) mass is 1650 g/mol. The third-order valence-electron chi connectivity index (χ3n) is 19.1. The SMILES string of the molecule is C=C1NC(=O)C=CN1[C@@H]1O[C@H](CCP(=C)(C)C)[C@@H](O)[C@H]1OC.C=C1NC(=O)NC=C1[C@@H]1O[C@H](CCP(=C)(C)C)[C@@H](O)C1Cl.C=C1NC(=O)NC=C1[C@@H]1O[C@H](CCP(=C)(C)C)[C@@H](O)C1F.C=C1NC(=O)NC=C1[C@@H]1O[C@H](CCP(=C)(C)C)[C@@H](O)[C@H]1OC.C=P(C)(C)CC[C@H]1O[C@@H](n2ccc(=O)n(C)c2=O)[C@H](OC)[C@@H]1O. The van der Waals surface area contributed by atoms with Gasteiger partial charge in [0.25, 0.3) is 11.5 Å². The van der Waals surface area contributed by atoms with Crippen molar-refractivity contribution in [3.8, 4) is 0 Å². The molecule has 0 spiro atoms. The van der Waals surface area contributed by atoms with Gasteiger partial charge in [-0.2, -0.15) is 0 Å². The number of amides is 7. The van der Waals surface area contributed by atoms with E-state index in [2.05, 4.69) is 162 Å². The van der Waals surface area contributed by atoms with Gasteiger partial charge in [0.1, 0.15) is 66.9 Å². The quantitative estimate of drug-likeness (QED) is 0.0538. The highest BCUT2D eigenvalue weighted by Gasteiger charge is 2.51. The van der Waals surface area contributed by atoms with Crippen LogP contribution in [-0.4, -0.2) is 329 Å². The van der Waals surface area contributed by atoms with Crippen LogP contribution in [0.2, 0.25) is 0 Å². The first-order chi connectivity index (χ1) is 50.5. The van der Waals surface area contributed by atoms with Crippen LogP contribution < -0.4 is 48.5 Å². The number of carbonyl (C=O) groups is 4. The van der Waals surface area contributed by atoms with Crippen molar-refractivity contribution in [3.63, 3.8) is 0 Å². The van der Waals surface area contributed by atoms with Gasteiger partial charge in [-0.25, -0.2) is 23.6 Å². The van der Waals surface area contributed by atoms with Gasteiger partial charge >= 0.3 is 23.8 Å². The summed E-state index contributed by atoms with van der Waals surface area (Å²) in [5.74, 6) is 0.186. The van der Waals surface area contributed by atoms with Crippen molar-refractivity contribution in [2.45, 2.75) is 154 Å². The van der Waals surface area contributed by atoms with Crippen molar-refractivity contribution in [2.24, 2.45) is 7.05 Å². The van der Waals surface area contributed by atoms with E-state index in [9.17, 15) is 58.7 Å². The third kappa shape index (κ3) is 26.2. The number of hydrogen-bond donors (Lipinski definition) is 12. The molecule has 0 aromatic carbocycles. The second-order valence-electron chi connectivity index (χ2n) is 31.7. The number of alkyl halides is 2. The molecule has 9 aliphatic rings. The van der Waals surface area contributed by atoms with E-state index in [0.29, 0.717) is 52.5 Å². The fourth-order valence-corrected chi connectivity index (χ4v) is 18.0. The van der Waals surface area contributed by atoms with Crippen LogP contribution in [0.3, 0.4) is 0 Å². The van der Waals surface area contributed by atoms with Gasteiger partial charge in [0.2, 0.25) is 0 Å². The number of halogens is 2. The van der Waals surface area contributed by atoms with Gasteiger partial charge in [0, 0.05) is 105 Å². The summed E-state index contributed by atoms with van der Waals surface area (Å²) in [6, 6.07) is 0.203. The van der Waals surface area contributed by atoms with Crippen LogP contribution in [-0.2, 0) is 49.7 Å². The van der Waals surface area contributed by atoms with Crippen molar-refractivity contribution in [3.05, 3.63) is 130 Å². The predicted octanol–water partition coefficient (Wildman–Crippen LogP) is 4.26. The summed E-state index contributed by atoms with van der Waals surface area (Å²) in [5, 5.41) is 68.9. The van der Waals surface area contributed by atoms with Gasteiger partial charge < -0.3 is 106 Å². The molecule has 20 atom stereocenters. The first-order valence-corrected chi connectivity index (χ1v) is 51.3. The Hall–Kier alpha value is -5.12. The summed E-state index contributed by atoms with van der Waals surface area (Å²) in [7, 11) is 5.96. The van der Waals surface area contributed by atoms with E-state index >= 15 is 0 Å². The van der Waals surface area contributed by atoms with Crippen LogP contribution in [0.25, 0.3) is 0 Å². The van der Waals surface area contributed by atoms with Crippen LogP contribution in [0.4, 0.5) is 18.8 Å². The van der Waals surface area contributed by atoms with E-state index < -0.39 is 150 Å². The molecule has 109 heavy (non-hydrogen) atoms. The van der Waals surface area contributed by atoms with Crippen LogP contribution in [0.5, 0.6) is 0 Å². The largest absolute Gasteiger partial charge is 0.389 e. The average molecular weight is 1650 g/mol. The van der Waals surface area contributed by atoms with E-state index in [1.807, 2.05) is 0 Å². The number of aliphatic hydroxyl groups is 5. The fraction of sp³-hybridized carbons (Fsp3) is 0.603. The second-order valence-corrected chi connectivity index (χ2v) is 53.8. The molecule has 5 fully saturated rings. The maximum atomic E-state index is 14.3. The summed E-state index contributed by atoms with van der Waals surface area (Å²) in [6.07, 6.45) is 25.1. The number of nitrogens with zero attached hydrogens (tertiary/aromatic N) is 3. The highest BCUT2D eigenvalue weighted by atomic mass is 35.5. The predicted molar refractivity (Wildman–Crippen MR) is 443 cm³/mol. The smallest absolute Gasteiger partial charge is 0.332 e. The van der Waals surface area contributed by atoms with Gasteiger partial charge in [-0.05, 0) is 130 Å². The Kier molecular flexibility index (Phi) is 33.4. The Morgan fingerprint density at radius 2 is 0.826 bits per heavy atom. The summed E-state index contributed by atoms with van der Waals surface area (Å²) in [5.41, 5.74) is 2.11. The summed E-state index contributed by atoms with van der Waals surface area (Å²) in [4.78, 5) is 70.4. The molecule has 0 saturated carbocycles. The second kappa shape index (κ2) is 39.3. The maximum Gasteiger partial charge on any atom is 0.332 e. The molecule has 10 rings (SSSR count). The number of nitrogens with one attached hydrogen (secondary N) is 7. The molecule has 1 aromatic rings. The molecule has 7 amide bonds.